The molecule has 1 amide bonds. The van der Waals surface area contributed by atoms with Crippen molar-refractivity contribution < 1.29 is 22.7 Å². The topological polar surface area (TPSA) is 83.1 Å². The Kier molecular flexibility index (Phi) is 5.73. The summed E-state index contributed by atoms with van der Waals surface area (Å²) in [5.41, 5.74) is 1.38. The van der Waals surface area contributed by atoms with Crippen LogP contribution in [0.2, 0.25) is 0 Å². The zero-order valence-electron chi connectivity index (χ0n) is 17.1. The number of halogens is 3. The van der Waals surface area contributed by atoms with E-state index in [1.54, 1.807) is 23.7 Å². The molecule has 11 heteroatoms. The van der Waals surface area contributed by atoms with Crippen molar-refractivity contribution in [3.05, 3.63) is 58.9 Å². The van der Waals surface area contributed by atoms with Crippen molar-refractivity contribution in [2.45, 2.75) is 6.43 Å². The number of ether oxygens (including phenoxy) is 1. The Labute approximate surface area is 190 Å². The zero-order chi connectivity index (χ0) is 22.9. The van der Waals surface area contributed by atoms with Crippen LogP contribution in [0.15, 0.2) is 41.9 Å². The summed E-state index contributed by atoms with van der Waals surface area (Å²) < 4.78 is 46.5. The molecule has 0 unspecified atom stereocenters. The molecule has 5 rings (SSSR count). The van der Waals surface area contributed by atoms with E-state index in [1.807, 2.05) is 0 Å². The Hall–Kier alpha value is -3.44. The van der Waals surface area contributed by atoms with E-state index >= 15 is 0 Å². The summed E-state index contributed by atoms with van der Waals surface area (Å²) in [6, 6.07) is 6.55. The van der Waals surface area contributed by atoms with Gasteiger partial charge in [0, 0.05) is 41.5 Å². The molecular weight excluding hydrogens is 455 g/mol. The first kappa shape index (κ1) is 21.4. The number of aromatic amines is 1. The van der Waals surface area contributed by atoms with Crippen molar-refractivity contribution in [2.24, 2.45) is 0 Å². The summed E-state index contributed by atoms with van der Waals surface area (Å²) in [7, 11) is 0. The number of hydrogen-bond donors (Lipinski definition) is 2. The first-order valence-electron chi connectivity index (χ1n) is 10.1. The second-order valence-electron chi connectivity index (χ2n) is 7.40. The van der Waals surface area contributed by atoms with E-state index in [-0.39, 0.29) is 22.5 Å². The number of carbonyl (C=O) groups excluding carboxylic acids is 1. The van der Waals surface area contributed by atoms with Crippen LogP contribution in [0.5, 0.6) is 0 Å². The maximum absolute atomic E-state index is 13.9. The van der Waals surface area contributed by atoms with Crippen LogP contribution in [0.4, 0.5) is 24.0 Å². The minimum atomic E-state index is -2.81. The SMILES string of the molecule is O=C(Nc1nccs1)c1cc(N2CCOCC2)cc2[nH]c(-c3cc(F)ccc3C(F)F)nc12. The Morgan fingerprint density at radius 3 is 2.76 bits per heavy atom. The lowest BCUT2D eigenvalue weighted by Gasteiger charge is -2.29. The summed E-state index contributed by atoms with van der Waals surface area (Å²) >= 11 is 1.27. The van der Waals surface area contributed by atoms with Gasteiger partial charge in [0.1, 0.15) is 17.2 Å². The number of amides is 1. The third kappa shape index (κ3) is 4.29. The fraction of sp³-hybridized carbons (Fsp3) is 0.227. The summed E-state index contributed by atoms with van der Waals surface area (Å²) in [5.74, 6) is -1.04. The number of aromatic nitrogens is 3. The van der Waals surface area contributed by atoms with Crippen LogP contribution in [0, 0.1) is 5.82 Å². The third-order valence-electron chi connectivity index (χ3n) is 5.35. The highest BCUT2D eigenvalue weighted by Gasteiger charge is 2.23. The molecule has 0 saturated carbocycles. The molecule has 2 aromatic carbocycles. The van der Waals surface area contributed by atoms with Gasteiger partial charge in [0.05, 0.1) is 24.3 Å². The molecule has 2 aromatic heterocycles. The van der Waals surface area contributed by atoms with Gasteiger partial charge in [-0.25, -0.2) is 23.1 Å². The second-order valence-corrected chi connectivity index (χ2v) is 8.29. The van der Waals surface area contributed by atoms with E-state index in [0.29, 0.717) is 42.5 Å². The maximum Gasteiger partial charge on any atom is 0.264 e. The number of nitrogens with zero attached hydrogens (tertiary/aromatic N) is 3. The molecule has 1 aliphatic heterocycles. The molecule has 1 fully saturated rings. The predicted molar refractivity (Wildman–Crippen MR) is 120 cm³/mol. The van der Waals surface area contributed by atoms with Gasteiger partial charge in [-0.3, -0.25) is 10.1 Å². The monoisotopic (exact) mass is 473 g/mol. The molecule has 1 saturated heterocycles. The molecule has 170 valence electrons. The lowest BCUT2D eigenvalue weighted by atomic mass is 10.1. The fourth-order valence-corrected chi connectivity index (χ4v) is 4.30. The summed E-state index contributed by atoms with van der Waals surface area (Å²) in [6.45, 7) is 2.38. The van der Waals surface area contributed by atoms with Crippen LogP contribution in [0.3, 0.4) is 0 Å². The summed E-state index contributed by atoms with van der Waals surface area (Å²) in [5, 5.41) is 4.90. The van der Waals surface area contributed by atoms with E-state index < -0.39 is 18.1 Å². The number of morpholine rings is 1. The molecule has 0 atom stereocenters. The number of imidazole rings is 1. The van der Waals surface area contributed by atoms with Gasteiger partial charge in [-0.1, -0.05) is 0 Å². The first-order chi connectivity index (χ1) is 16.0. The van der Waals surface area contributed by atoms with Gasteiger partial charge < -0.3 is 14.6 Å². The molecule has 2 N–H and O–H groups in total. The van der Waals surface area contributed by atoms with Crippen molar-refractivity contribution >= 4 is 39.1 Å². The number of anilines is 2. The lowest BCUT2D eigenvalue weighted by Crippen LogP contribution is -2.36. The molecule has 0 spiro atoms. The number of fused-ring (bicyclic) bond motifs is 1. The summed E-state index contributed by atoms with van der Waals surface area (Å²) in [6.07, 6.45) is -1.24. The first-order valence-corrected chi connectivity index (χ1v) is 11.0. The molecule has 0 radical (unpaired) electrons. The predicted octanol–water partition coefficient (Wildman–Crippen LogP) is 4.85. The van der Waals surface area contributed by atoms with Gasteiger partial charge in [-0.05, 0) is 30.3 Å². The van der Waals surface area contributed by atoms with Gasteiger partial charge >= 0.3 is 0 Å². The van der Waals surface area contributed by atoms with Crippen molar-refractivity contribution in [1.82, 2.24) is 15.0 Å². The number of H-pyrrole nitrogens is 1. The molecule has 7 nitrogen and oxygen atoms in total. The Morgan fingerprint density at radius 2 is 2.03 bits per heavy atom. The molecule has 0 aliphatic carbocycles. The third-order valence-corrected chi connectivity index (χ3v) is 6.04. The lowest BCUT2D eigenvalue weighted by molar-refractivity contribution is 0.102. The summed E-state index contributed by atoms with van der Waals surface area (Å²) in [4.78, 5) is 26.7. The normalized spacial score (nSPS) is 14.2. The van der Waals surface area contributed by atoms with Gasteiger partial charge in [-0.2, -0.15) is 0 Å². The number of carbonyl (C=O) groups is 1. The molecule has 1 aliphatic rings. The quantitative estimate of drug-likeness (QED) is 0.433. The van der Waals surface area contributed by atoms with Crippen LogP contribution in [0.25, 0.3) is 22.4 Å². The van der Waals surface area contributed by atoms with Crippen molar-refractivity contribution in [3.8, 4) is 11.4 Å². The van der Waals surface area contributed by atoms with Crippen molar-refractivity contribution in [2.75, 3.05) is 36.5 Å². The van der Waals surface area contributed by atoms with Gasteiger partial charge in [-0.15, -0.1) is 11.3 Å². The highest BCUT2D eigenvalue weighted by molar-refractivity contribution is 7.13. The standard InChI is InChI=1S/C22H18F3N5O2S/c23-12-1-2-14(19(24)25)15(9-12)20-27-17-11-13(30-4-6-32-7-5-30)10-16(18(17)28-20)21(31)29-22-26-3-8-33-22/h1-3,8-11,19H,4-7H2,(H,27,28)(H,26,29,31). The molecular formula is C22H18F3N5O2S. The average molecular weight is 473 g/mol. The van der Waals surface area contributed by atoms with E-state index in [0.717, 1.165) is 23.9 Å². The van der Waals surface area contributed by atoms with E-state index in [1.165, 1.54) is 11.3 Å². The van der Waals surface area contributed by atoms with Crippen LogP contribution >= 0.6 is 11.3 Å². The smallest absolute Gasteiger partial charge is 0.264 e. The van der Waals surface area contributed by atoms with Crippen molar-refractivity contribution in [3.63, 3.8) is 0 Å². The van der Waals surface area contributed by atoms with Crippen molar-refractivity contribution in [1.29, 1.82) is 0 Å². The Bertz CT molecular complexity index is 1300. The van der Waals surface area contributed by atoms with Gasteiger partial charge in [0.25, 0.3) is 12.3 Å². The van der Waals surface area contributed by atoms with Crippen LogP contribution in [-0.2, 0) is 4.74 Å². The number of benzene rings is 2. The second kappa shape index (κ2) is 8.83. The minimum Gasteiger partial charge on any atom is -0.378 e. The van der Waals surface area contributed by atoms with E-state index in [4.69, 9.17) is 4.74 Å². The number of thiazole rings is 1. The van der Waals surface area contributed by atoms with E-state index in [9.17, 15) is 18.0 Å². The van der Waals surface area contributed by atoms with Crippen LogP contribution in [-0.4, -0.2) is 47.2 Å². The fourth-order valence-electron chi connectivity index (χ4n) is 3.78. The highest BCUT2D eigenvalue weighted by atomic mass is 32.1. The number of nitrogens with one attached hydrogen (secondary N) is 2. The molecule has 33 heavy (non-hydrogen) atoms. The number of alkyl halides is 2. The maximum atomic E-state index is 13.9. The molecule has 3 heterocycles. The minimum absolute atomic E-state index is 0.0552. The highest BCUT2D eigenvalue weighted by Crippen LogP contribution is 2.34. The van der Waals surface area contributed by atoms with Crippen LogP contribution in [0.1, 0.15) is 22.3 Å². The van der Waals surface area contributed by atoms with Crippen LogP contribution < -0.4 is 10.2 Å². The molecule has 4 aromatic rings. The zero-order valence-corrected chi connectivity index (χ0v) is 18.0. The van der Waals surface area contributed by atoms with E-state index in [2.05, 4.69) is 25.2 Å². The van der Waals surface area contributed by atoms with Gasteiger partial charge in [0.2, 0.25) is 0 Å². The molecule has 0 bridgehead atoms. The number of rotatable bonds is 5. The van der Waals surface area contributed by atoms with Gasteiger partial charge in [0.15, 0.2) is 5.13 Å². The number of hydrogen-bond acceptors (Lipinski definition) is 6. The Morgan fingerprint density at radius 1 is 1.21 bits per heavy atom. The largest absolute Gasteiger partial charge is 0.378 e. The Balaban J connectivity index is 1.65. The average Bonchev–Trinajstić information content (AvgIpc) is 3.48.